The highest BCUT2D eigenvalue weighted by Gasteiger charge is 2.31. The molecule has 2 heterocycles. The van der Waals surface area contributed by atoms with Crippen molar-refractivity contribution in [2.45, 2.75) is 25.3 Å². The summed E-state index contributed by atoms with van der Waals surface area (Å²) in [6.07, 6.45) is 0.529. The van der Waals surface area contributed by atoms with Crippen molar-refractivity contribution < 1.29 is 14.7 Å². The number of benzene rings is 1. The van der Waals surface area contributed by atoms with Crippen LogP contribution in [0, 0.1) is 0 Å². The van der Waals surface area contributed by atoms with Gasteiger partial charge in [-0.1, -0.05) is 15.9 Å². The average molecular weight is 413 g/mol. The zero-order chi connectivity index (χ0) is 17.4. The molecular formula is C16H15BrClN3O3. The highest BCUT2D eigenvalue weighted by Crippen LogP contribution is 2.27. The van der Waals surface area contributed by atoms with Crippen molar-refractivity contribution in [3.8, 4) is 5.69 Å². The Morgan fingerprint density at radius 1 is 1.33 bits per heavy atom. The number of aromatic nitrogens is 2. The van der Waals surface area contributed by atoms with Gasteiger partial charge in [0.05, 0.1) is 11.4 Å². The Bertz CT molecular complexity index is 802. The molecule has 1 aliphatic heterocycles. The summed E-state index contributed by atoms with van der Waals surface area (Å²) >= 11 is 9.25. The molecule has 2 aromatic rings. The second-order valence-electron chi connectivity index (χ2n) is 5.59. The van der Waals surface area contributed by atoms with Crippen LogP contribution in [0.1, 0.15) is 28.7 Å². The summed E-state index contributed by atoms with van der Waals surface area (Å²) in [5.41, 5.74) is 2.16. The Labute approximate surface area is 152 Å². The van der Waals surface area contributed by atoms with Gasteiger partial charge in [0.1, 0.15) is 5.38 Å². The number of rotatable bonds is 3. The molecule has 1 amide bonds. The number of carboxylic acids is 1. The summed E-state index contributed by atoms with van der Waals surface area (Å²) < 4.78 is 2.58. The fourth-order valence-electron chi connectivity index (χ4n) is 2.83. The maximum absolute atomic E-state index is 12.1. The first-order chi connectivity index (χ1) is 11.4. The molecule has 8 heteroatoms. The van der Waals surface area contributed by atoms with Gasteiger partial charge in [0.2, 0.25) is 5.91 Å². The Morgan fingerprint density at radius 3 is 2.58 bits per heavy atom. The topological polar surface area (TPSA) is 75.4 Å². The molecule has 0 radical (unpaired) electrons. The van der Waals surface area contributed by atoms with E-state index in [1.165, 1.54) is 0 Å². The van der Waals surface area contributed by atoms with E-state index in [1.807, 2.05) is 24.3 Å². The average Bonchev–Trinajstić information content (AvgIpc) is 2.93. The minimum absolute atomic E-state index is 0.0207. The van der Waals surface area contributed by atoms with E-state index >= 15 is 0 Å². The van der Waals surface area contributed by atoms with E-state index < -0.39 is 11.3 Å². The number of carbonyl (C=O) groups is 2. The van der Waals surface area contributed by atoms with Crippen LogP contribution in [0.2, 0.25) is 0 Å². The Hall–Kier alpha value is -1.86. The first-order valence-electron chi connectivity index (χ1n) is 7.41. The molecule has 0 saturated heterocycles. The van der Waals surface area contributed by atoms with E-state index in [1.54, 1.807) is 16.5 Å². The standard InChI is InChI=1S/C16H15BrClN3O3/c1-9(18)15(22)20-7-6-13-12(8-20)14(16(23)24)19-21(13)11-4-2-10(17)3-5-11/h2-5,9H,6-8H2,1H3,(H,23,24). The van der Waals surface area contributed by atoms with Crippen LogP contribution in [0.4, 0.5) is 0 Å². The number of amides is 1. The van der Waals surface area contributed by atoms with Crippen LogP contribution >= 0.6 is 27.5 Å². The van der Waals surface area contributed by atoms with Gasteiger partial charge in [0.15, 0.2) is 5.69 Å². The van der Waals surface area contributed by atoms with Gasteiger partial charge < -0.3 is 10.0 Å². The van der Waals surface area contributed by atoms with E-state index in [9.17, 15) is 14.7 Å². The first kappa shape index (κ1) is 17.0. The maximum atomic E-state index is 12.1. The second-order valence-corrected chi connectivity index (χ2v) is 7.16. The van der Waals surface area contributed by atoms with Crippen LogP contribution in [-0.2, 0) is 17.8 Å². The third-order valence-corrected chi connectivity index (χ3v) is 4.70. The minimum atomic E-state index is -1.10. The second kappa shape index (κ2) is 6.57. The maximum Gasteiger partial charge on any atom is 0.356 e. The fraction of sp³-hybridized carbons (Fsp3) is 0.312. The zero-order valence-corrected chi connectivity index (χ0v) is 15.2. The Kier molecular flexibility index (Phi) is 4.64. The molecule has 1 atom stereocenters. The van der Waals surface area contributed by atoms with Gasteiger partial charge in [0, 0.05) is 29.5 Å². The van der Waals surface area contributed by atoms with Crippen molar-refractivity contribution in [2.24, 2.45) is 0 Å². The van der Waals surface area contributed by atoms with Crippen LogP contribution in [0.15, 0.2) is 28.7 Å². The van der Waals surface area contributed by atoms with Crippen LogP contribution in [0.25, 0.3) is 5.69 Å². The summed E-state index contributed by atoms with van der Waals surface area (Å²) in [6.45, 7) is 2.32. The number of hydrogen-bond acceptors (Lipinski definition) is 3. The van der Waals surface area contributed by atoms with Crippen LogP contribution < -0.4 is 0 Å². The lowest BCUT2D eigenvalue weighted by Gasteiger charge is -2.28. The van der Waals surface area contributed by atoms with Crippen molar-refractivity contribution >= 4 is 39.4 Å². The van der Waals surface area contributed by atoms with Crippen molar-refractivity contribution in [1.29, 1.82) is 0 Å². The molecule has 1 aliphatic rings. The van der Waals surface area contributed by atoms with Gasteiger partial charge in [-0.3, -0.25) is 4.79 Å². The van der Waals surface area contributed by atoms with Crippen LogP contribution in [0.5, 0.6) is 0 Å². The number of alkyl halides is 1. The molecule has 0 saturated carbocycles. The van der Waals surface area contributed by atoms with E-state index in [-0.39, 0.29) is 18.1 Å². The Morgan fingerprint density at radius 2 is 2.00 bits per heavy atom. The van der Waals surface area contributed by atoms with Gasteiger partial charge in [-0.05, 0) is 31.2 Å². The third kappa shape index (κ3) is 3.06. The molecular weight excluding hydrogens is 398 g/mol. The lowest BCUT2D eigenvalue weighted by Crippen LogP contribution is -2.40. The van der Waals surface area contributed by atoms with Gasteiger partial charge in [0.25, 0.3) is 0 Å². The number of halogens is 2. The first-order valence-corrected chi connectivity index (χ1v) is 8.64. The van der Waals surface area contributed by atoms with Crippen LogP contribution in [0.3, 0.4) is 0 Å². The molecule has 1 aromatic carbocycles. The van der Waals surface area contributed by atoms with Gasteiger partial charge in [-0.2, -0.15) is 5.10 Å². The largest absolute Gasteiger partial charge is 0.476 e. The fourth-order valence-corrected chi connectivity index (χ4v) is 3.23. The summed E-state index contributed by atoms with van der Waals surface area (Å²) in [4.78, 5) is 25.3. The lowest BCUT2D eigenvalue weighted by atomic mass is 10.0. The number of hydrogen-bond donors (Lipinski definition) is 1. The summed E-state index contributed by atoms with van der Waals surface area (Å²) in [7, 11) is 0. The SMILES string of the molecule is CC(Cl)C(=O)N1CCc2c(c(C(=O)O)nn2-c2ccc(Br)cc2)C1. The molecule has 1 aromatic heterocycles. The third-order valence-electron chi connectivity index (χ3n) is 3.98. The van der Waals surface area contributed by atoms with Crippen LogP contribution in [-0.4, -0.2) is 43.6 Å². The smallest absolute Gasteiger partial charge is 0.356 e. The predicted octanol–water partition coefficient (Wildman–Crippen LogP) is 2.85. The van der Waals surface area contributed by atoms with Gasteiger partial charge in [-0.25, -0.2) is 9.48 Å². The van der Waals surface area contributed by atoms with E-state index in [4.69, 9.17) is 11.6 Å². The number of fused-ring (bicyclic) bond motifs is 1. The van der Waals surface area contributed by atoms with Crippen molar-refractivity contribution in [3.63, 3.8) is 0 Å². The molecule has 24 heavy (non-hydrogen) atoms. The van der Waals surface area contributed by atoms with E-state index in [0.29, 0.717) is 18.5 Å². The minimum Gasteiger partial charge on any atom is -0.476 e. The monoisotopic (exact) mass is 411 g/mol. The number of carbonyl (C=O) groups excluding carboxylic acids is 1. The predicted molar refractivity (Wildman–Crippen MR) is 92.7 cm³/mol. The summed E-state index contributed by atoms with van der Waals surface area (Å²) in [5.74, 6) is -1.30. The molecule has 0 spiro atoms. The van der Waals surface area contributed by atoms with Crippen molar-refractivity contribution in [3.05, 3.63) is 45.7 Å². The Balaban J connectivity index is 2.04. The lowest BCUT2D eigenvalue weighted by molar-refractivity contribution is -0.131. The zero-order valence-electron chi connectivity index (χ0n) is 12.9. The van der Waals surface area contributed by atoms with Gasteiger partial charge in [-0.15, -0.1) is 11.6 Å². The normalized spacial score (nSPS) is 15.0. The highest BCUT2D eigenvalue weighted by atomic mass is 79.9. The molecule has 3 rings (SSSR count). The highest BCUT2D eigenvalue weighted by molar-refractivity contribution is 9.10. The van der Waals surface area contributed by atoms with Crippen molar-refractivity contribution in [1.82, 2.24) is 14.7 Å². The molecule has 1 N–H and O–H groups in total. The number of nitrogens with zero attached hydrogens (tertiary/aromatic N) is 3. The van der Waals surface area contributed by atoms with E-state index in [2.05, 4.69) is 21.0 Å². The van der Waals surface area contributed by atoms with Gasteiger partial charge >= 0.3 is 5.97 Å². The molecule has 1 unspecified atom stereocenters. The quantitative estimate of drug-likeness (QED) is 0.787. The van der Waals surface area contributed by atoms with Crippen molar-refractivity contribution in [2.75, 3.05) is 6.54 Å². The molecule has 126 valence electrons. The number of carboxylic acid groups (broad SMARTS) is 1. The summed E-state index contributed by atoms with van der Waals surface area (Å²) in [6, 6.07) is 7.47. The molecule has 6 nitrogen and oxygen atoms in total. The van der Waals surface area contributed by atoms with E-state index in [0.717, 1.165) is 15.9 Å². The molecule has 0 aliphatic carbocycles. The molecule has 0 bridgehead atoms. The summed E-state index contributed by atoms with van der Waals surface area (Å²) in [5, 5.41) is 13.1. The number of aromatic carboxylic acids is 1. The molecule has 0 fully saturated rings.